The molecule has 1 aliphatic heterocycles. The second kappa shape index (κ2) is 14.1. The Morgan fingerprint density at radius 2 is 2.03 bits per heavy atom. The van der Waals surface area contributed by atoms with Crippen molar-refractivity contribution in [1.82, 2.24) is 20.4 Å². The molecule has 3 N–H and O–H groups in total. The summed E-state index contributed by atoms with van der Waals surface area (Å²) in [5.41, 5.74) is 0.273. The van der Waals surface area contributed by atoms with Crippen LogP contribution in [-0.4, -0.2) is 100 Å². The fourth-order valence-corrected chi connectivity index (χ4v) is 3.52. The van der Waals surface area contributed by atoms with Crippen molar-refractivity contribution in [3.63, 3.8) is 0 Å². The van der Waals surface area contributed by atoms with Crippen LogP contribution in [0.1, 0.15) is 25.5 Å². The first kappa shape index (κ1) is 27.9. The van der Waals surface area contributed by atoms with Gasteiger partial charge in [0.15, 0.2) is 5.96 Å². The molecule has 8 nitrogen and oxygen atoms in total. The van der Waals surface area contributed by atoms with E-state index in [4.69, 9.17) is 9.47 Å². The fourth-order valence-electron chi connectivity index (χ4n) is 3.52. The van der Waals surface area contributed by atoms with Crippen LogP contribution in [0.4, 0.5) is 0 Å². The molecule has 0 aromatic heterocycles. The number of nitrogens with zero attached hydrogens (tertiary/aromatic N) is 3. The summed E-state index contributed by atoms with van der Waals surface area (Å²) in [4.78, 5) is 9.05. The lowest BCUT2D eigenvalue weighted by Crippen LogP contribution is -2.48. The SMILES string of the molecule is CCNC(=NCC(C)(O)CN1CCOCC1)NCC(c1cccc(OC)c1)N(C)C.I. The van der Waals surface area contributed by atoms with Crippen LogP contribution >= 0.6 is 24.0 Å². The van der Waals surface area contributed by atoms with Crippen molar-refractivity contribution in [1.29, 1.82) is 0 Å². The van der Waals surface area contributed by atoms with Gasteiger partial charge in [0.25, 0.3) is 0 Å². The molecule has 1 aromatic carbocycles. The quantitative estimate of drug-likeness (QED) is 0.232. The minimum absolute atomic E-state index is 0. The summed E-state index contributed by atoms with van der Waals surface area (Å²) in [5, 5.41) is 17.5. The maximum absolute atomic E-state index is 10.8. The lowest BCUT2D eigenvalue weighted by atomic mass is 10.1. The smallest absolute Gasteiger partial charge is 0.191 e. The van der Waals surface area contributed by atoms with Crippen molar-refractivity contribution in [2.24, 2.45) is 4.99 Å². The van der Waals surface area contributed by atoms with Crippen LogP contribution < -0.4 is 15.4 Å². The van der Waals surface area contributed by atoms with Gasteiger partial charge in [0.2, 0.25) is 0 Å². The van der Waals surface area contributed by atoms with Crippen molar-refractivity contribution in [2.45, 2.75) is 25.5 Å². The van der Waals surface area contributed by atoms with Crippen molar-refractivity contribution in [2.75, 3.05) is 73.7 Å². The lowest BCUT2D eigenvalue weighted by Gasteiger charge is -2.33. The molecule has 0 aliphatic carbocycles. The van der Waals surface area contributed by atoms with Gasteiger partial charge in [-0.1, -0.05) is 12.1 Å². The summed E-state index contributed by atoms with van der Waals surface area (Å²) in [6, 6.07) is 8.27. The maximum Gasteiger partial charge on any atom is 0.191 e. The van der Waals surface area contributed by atoms with Gasteiger partial charge in [-0.05, 0) is 45.6 Å². The van der Waals surface area contributed by atoms with E-state index in [-0.39, 0.29) is 30.0 Å². The maximum atomic E-state index is 10.8. The molecule has 1 fully saturated rings. The summed E-state index contributed by atoms with van der Waals surface area (Å²) in [5.74, 6) is 1.55. The highest BCUT2D eigenvalue weighted by Gasteiger charge is 2.25. The van der Waals surface area contributed by atoms with Gasteiger partial charge in [-0.2, -0.15) is 0 Å². The second-order valence-electron chi connectivity index (χ2n) is 8.22. The Morgan fingerprint density at radius 3 is 2.65 bits per heavy atom. The molecule has 2 unspecified atom stereocenters. The monoisotopic (exact) mass is 549 g/mol. The Morgan fingerprint density at radius 1 is 1.32 bits per heavy atom. The molecule has 0 spiro atoms. The largest absolute Gasteiger partial charge is 0.497 e. The van der Waals surface area contributed by atoms with E-state index < -0.39 is 5.60 Å². The van der Waals surface area contributed by atoms with Gasteiger partial charge >= 0.3 is 0 Å². The number of β-amino-alcohol motifs (C(OH)–C–C–N with tert-alkyl or cyclic N) is 1. The van der Waals surface area contributed by atoms with Crippen molar-refractivity contribution < 1.29 is 14.6 Å². The zero-order chi connectivity index (χ0) is 22.0. The number of aliphatic imine (C=N–C) groups is 1. The third kappa shape index (κ3) is 9.90. The molecular formula is C22H40IN5O3. The molecule has 1 aliphatic rings. The van der Waals surface area contributed by atoms with Crippen molar-refractivity contribution >= 4 is 29.9 Å². The van der Waals surface area contributed by atoms with E-state index in [0.717, 1.165) is 38.6 Å². The average Bonchev–Trinajstić information content (AvgIpc) is 2.72. The lowest BCUT2D eigenvalue weighted by molar-refractivity contribution is -0.0180. The van der Waals surface area contributed by atoms with Crippen molar-refractivity contribution in [3.8, 4) is 5.75 Å². The Labute approximate surface area is 204 Å². The van der Waals surface area contributed by atoms with E-state index in [0.29, 0.717) is 25.6 Å². The summed E-state index contributed by atoms with van der Waals surface area (Å²) >= 11 is 0. The second-order valence-corrected chi connectivity index (χ2v) is 8.22. The van der Waals surface area contributed by atoms with E-state index in [1.165, 1.54) is 5.56 Å². The molecule has 2 atom stereocenters. The standard InChI is InChI=1S/C22H39N5O3.HI/c1-6-23-21(25-16-22(2,28)17-27-10-12-30-13-11-27)24-15-20(26(3)4)18-8-7-9-19(14-18)29-5;/h7-9,14,20,28H,6,10-13,15-17H2,1-5H3,(H2,23,24,25);1H. The predicted molar refractivity (Wildman–Crippen MR) is 137 cm³/mol. The van der Waals surface area contributed by atoms with Crippen molar-refractivity contribution in [3.05, 3.63) is 29.8 Å². The van der Waals surface area contributed by atoms with Crippen LogP contribution in [0.15, 0.2) is 29.3 Å². The van der Waals surface area contributed by atoms with Gasteiger partial charge in [0.05, 0.1) is 38.5 Å². The zero-order valence-electron chi connectivity index (χ0n) is 19.6. The number of nitrogens with one attached hydrogen (secondary N) is 2. The minimum atomic E-state index is -0.895. The molecule has 0 radical (unpaired) electrons. The summed E-state index contributed by atoms with van der Waals surface area (Å²) in [6.07, 6.45) is 0. The number of rotatable bonds is 10. The predicted octanol–water partition coefficient (Wildman–Crippen LogP) is 1.55. The highest BCUT2D eigenvalue weighted by Crippen LogP contribution is 2.22. The van der Waals surface area contributed by atoms with Gasteiger partial charge in [0.1, 0.15) is 5.75 Å². The third-order valence-electron chi connectivity index (χ3n) is 5.15. The number of guanidine groups is 1. The zero-order valence-corrected chi connectivity index (χ0v) is 21.9. The summed E-state index contributed by atoms with van der Waals surface area (Å²) in [6.45, 7) is 9.37. The molecule has 0 amide bonds. The van der Waals surface area contributed by atoms with E-state index in [1.54, 1.807) is 7.11 Å². The number of likely N-dealkylation sites (N-methyl/N-ethyl adjacent to an activating group) is 1. The van der Waals surface area contributed by atoms with Crippen LogP contribution in [0.3, 0.4) is 0 Å². The summed E-state index contributed by atoms with van der Waals surface area (Å²) in [7, 11) is 5.80. The Balaban J connectivity index is 0.00000480. The van der Waals surface area contributed by atoms with Crippen LogP contribution in [0.2, 0.25) is 0 Å². The molecule has 0 bridgehead atoms. The molecule has 9 heteroatoms. The van der Waals surface area contributed by atoms with Gasteiger partial charge in [0, 0.05) is 32.7 Å². The topological polar surface area (TPSA) is 81.6 Å². The highest BCUT2D eigenvalue weighted by atomic mass is 127. The van der Waals surface area contributed by atoms with E-state index in [1.807, 2.05) is 26.0 Å². The van der Waals surface area contributed by atoms with E-state index in [9.17, 15) is 5.11 Å². The first-order valence-corrected chi connectivity index (χ1v) is 10.7. The molecule has 178 valence electrons. The number of hydrogen-bond acceptors (Lipinski definition) is 6. The number of benzene rings is 1. The summed E-state index contributed by atoms with van der Waals surface area (Å²) < 4.78 is 10.8. The molecule has 1 aromatic rings. The molecular weight excluding hydrogens is 509 g/mol. The number of methoxy groups -OCH3 is 1. The minimum Gasteiger partial charge on any atom is -0.497 e. The van der Waals surface area contributed by atoms with Crippen LogP contribution in [-0.2, 0) is 4.74 Å². The molecule has 1 saturated heterocycles. The number of aliphatic hydroxyl groups is 1. The molecule has 31 heavy (non-hydrogen) atoms. The Bertz CT molecular complexity index is 666. The van der Waals surface area contributed by atoms with Gasteiger partial charge in [-0.15, -0.1) is 24.0 Å². The molecule has 2 rings (SSSR count). The highest BCUT2D eigenvalue weighted by molar-refractivity contribution is 14.0. The van der Waals surface area contributed by atoms with E-state index in [2.05, 4.69) is 51.7 Å². The average molecular weight is 549 g/mol. The number of hydrogen-bond donors (Lipinski definition) is 3. The first-order valence-electron chi connectivity index (χ1n) is 10.7. The van der Waals surface area contributed by atoms with Crippen LogP contribution in [0, 0.1) is 0 Å². The number of ether oxygens (including phenoxy) is 2. The Hall–Kier alpha value is -1.14. The van der Waals surface area contributed by atoms with Crippen LogP contribution in [0.5, 0.6) is 5.75 Å². The Kier molecular flexibility index (Phi) is 12.7. The first-order chi connectivity index (χ1) is 14.3. The molecule has 0 saturated carbocycles. The van der Waals surface area contributed by atoms with Gasteiger partial charge < -0.3 is 30.1 Å². The normalized spacial score (nSPS) is 18.1. The van der Waals surface area contributed by atoms with Gasteiger partial charge in [-0.3, -0.25) is 9.89 Å². The fraction of sp³-hybridized carbons (Fsp3) is 0.682. The third-order valence-corrected chi connectivity index (χ3v) is 5.15. The van der Waals surface area contributed by atoms with Crippen LogP contribution in [0.25, 0.3) is 0 Å². The molecule has 1 heterocycles. The van der Waals surface area contributed by atoms with E-state index >= 15 is 0 Å². The number of halogens is 1. The van der Waals surface area contributed by atoms with Gasteiger partial charge in [-0.25, -0.2) is 0 Å². The number of morpholine rings is 1.